The quantitative estimate of drug-likeness (QED) is 0.870. The molecule has 0 atom stereocenters. The molecule has 22 heavy (non-hydrogen) atoms. The second-order valence-electron chi connectivity index (χ2n) is 6.53. The number of nitrogens with zero attached hydrogens (tertiary/aromatic N) is 1. The van der Waals surface area contributed by atoms with E-state index in [1.807, 2.05) is 6.07 Å². The highest BCUT2D eigenvalue weighted by Crippen LogP contribution is 2.33. The first kappa shape index (κ1) is 16.4. The molecule has 6 heteroatoms. The third-order valence-corrected chi connectivity index (χ3v) is 3.72. The summed E-state index contributed by atoms with van der Waals surface area (Å²) < 4.78 is 5.18. The lowest BCUT2D eigenvalue weighted by Crippen LogP contribution is -2.52. The highest BCUT2D eigenvalue weighted by molar-refractivity contribution is 5.98. The van der Waals surface area contributed by atoms with Gasteiger partial charge < -0.3 is 10.1 Å². The number of carbonyl (C=O) groups is 2. The zero-order valence-electron chi connectivity index (χ0n) is 13.3. The van der Waals surface area contributed by atoms with Gasteiger partial charge in [0, 0.05) is 12.4 Å². The molecular weight excluding hydrogens is 282 g/mol. The molecular formula is C16H23N3O3. The highest BCUT2D eigenvalue weighted by Gasteiger charge is 2.42. The maximum atomic E-state index is 12.7. The molecule has 6 nitrogen and oxygen atoms in total. The van der Waals surface area contributed by atoms with Crippen molar-refractivity contribution in [2.45, 2.75) is 44.6 Å². The molecule has 2 amide bonds. The van der Waals surface area contributed by atoms with Gasteiger partial charge in [-0.1, -0.05) is 6.07 Å². The maximum Gasteiger partial charge on any atom is 0.414 e. The fourth-order valence-corrected chi connectivity index (χ4v) is 2.66. The Hall–Kier alpha value is -1.95. The van der Waals surface area contributed by atoms with Crippen LogP contribution in [-0.4, -0.2) is 35.7 Å². The van der Waals surface area contributed by atoms with Crippen LogP contribution in [0.1, 0.15) is 39.2 Å². The van der Waals surface area contributed by atoms with Crippen molar-refractivity contribution in [3.05, 3.63) is 30.1 Å². The lowest BCUT2D eigenvalue weighted by atomic mass is 9.73. The Morgan fingerprint density at radius 3 is 2.55 bits per heavy atom. The first-order valence-electron chi connectivity index (χ1n) is 7.49. The fraction of sp³-hybridized carbons (Fsp3) is 0.562. The van der Waals surface area contributed by atoms with Gasteiger partial charge >= 0.3 is 6.09 Å². The Labute approximate surface area is 130 Å². The number of carbonyl (C=O) groups excluding carboxylic acids is 2. The van der Waals surface area contributed by atoms with Crippen LogP contribution >= 0.6 is 0 Å². The molecule has 0 unspecified atom stereocenters. The number of pyridine rings is 1. The molecule has 0 aliphatic carbocycles. The number of hydrogen-bond donors (Lipinski definition) is 2. The summed E-state index contributed by atoms with van der Waals surface area (Å²) in [6.07, 6.45) is 3.89. The topological polar surface area (TPSA) is 80.3 Å². The lowest BCUT2D eigenvalue weighted by Gasteiger charge is -2.36. The average Bonchev–Trinajstić information content (AvgIpc) is 2.46. The van der Waals surface area contributed by atoms with Crippen molar-refractivity contribution >= 4 is 12.0 Å². The minimum atomic E-state index is -0.740. The number of piperidine rings is 1. The van der Waals surface area contributed by atoms with Gasteiger partial charge in [-0.25, -0.2) is 4.79 Å². The van der Waals surface area contributed by atoms with Crippen molar-refractivity contribution in [2.75, 3.05) is 13.1 Å². The van der Waals surface area contributed by atoms with Gasteiger partial charge in [0.2, 0.25) is 5.91 Å². The summed E-state index contributed by atoms with van der Waals surface area (Å²) in [4.78, 5) is 28.8. The molecule has 0 radical (unpaired) electrons. The predicted molar refractivity (Wildman–Crippen MR) is 82.4 cm³/mol. The van der Waals surface area contributed by atoms with E-state index in [1.54, 1.807) is 39.2 Å². The van der Waals surface area contributed by atoms with E-state index in [4.69, 9.17) is 4.74 Å². The van der Waals surface area contributed by atoms with Crippen molar-refractivity contribution in [2.24, 2.45) is 0 Å². The van der Waals surface area contributed by atoms with Gasteiger partial charge in [0.25, 0.3) is 0 Å². The number of imide groups is 1. The van der Waals surface area contributed by atoms with E-state index in [1.165, 1.54) is 0 Å². The molecule has 2 rings (SSSR count). The van der Waals surface area contributed by atoms with E-state index in [0.717, 1.165) is 18.7 Å². The number of alkyl carbamates (subject to hydrolysis) is 1. The molecule has 120 valence electrons. The number of amides is 2. The normalized spacial score (nSPS) is 17.6. The van der Waals surface area contributed by atoms with Crippen LogP contribution < -0.4 is 10.6 Å². The van der Waals surface area contributed by atoms with Crippen LogP contribution in [0.15, 0.2) is 24.5 Å². The van der Waals surface area contributed by atoms with Gasteiger partial charge in [-0.3, -0.25) is 15.1 Å². The second-order valence-corrected chi connectivity index (χ2v) is 6.53. The average molecular weight is 305 g/mol. The van der Waals surface area contributed by atoms with Gasteiger partial charge in [-0.05, 0) is 58.3 Å². The van der Waals surface area contributed by atoms with E-state index in [0.29, 0.717) is 12.8 Å². The summed E-state index contributed by atoms with van der Waals surface area (Å²) in [5.74, 6) is -0.323. The smallest absolute Gasteiger partial charge is 0.414 e. The largest absolute Gasteiger partial charge is 0.444 e. The molecule has 2 heterocycles. The fourth-order valence-electron chi connectivity index (χ4n) is 2.66. The van der Waals surface area contributed by atoms with E-state index >= 15 is 0 Å². The molecule has 0 bridgehead atoms. The Morgan fingerprint density at radius 1 is 1.32 bits per heavy atom. The van der Waals surface area contributed by atoms with Crippen LogP contribution in [0.5, 0.6) is 0 Å². The highest BCUT2D eigenvalue weighted by atomic mass is 16.6. The number of aromatic nitrogens is 1. The van der Waals surface area contributed by atoms with Gasteiger partial charge in [0.1, 0.15) is 5.60 Å². The van der Waals surface area contributed by atoms with Gasteiger partial charge in [-0.15, -0.1) is 0 Å². The summed E-state index contributed by atoms with van der Waals surface area (Å²) >= 11 is 0. The van der Waals surface area contributed by atoms with Crippen molar-refractivity contribution in [3.63, 3.8) is 0 Å². The molecule has 0 saturated carbocycles. The van der Waals surface area contributed by atoms with E-state index in [9.17, 15) is 9.59 Å². The Bertz CT molecular complexity index is 531. The summed E-state index contributed by atoms with van der Waals surface area (Å²) in [5, 5.41) is 5.63. The number of ether oxygens (including phenoxy) is 1. The minimum absolute atomic E-state index is 0.323. The zero-order valence-corrected chi connectivity index (χ0v) is 13.3. The summed E-state index contributed by atoms with van der Waals surface area (Å²) in [6.45, 7) is 6.72. The predicted octanol–water partition coefficient (Wildman–Crippen LogP) is 1.75. The van der Waals surface area contributed by atoms with Gasteiger partial charge in [0.05, 0.1) is 5.41 Å². The van der Waals surface area contributed by atoms with Crippen LogP contribution in [0.25, 0.3) is 0 Å². The van der Waals surface area contributed by atoms with Crippen molar-refractivity contribution in [1.82, 2.24) is 15.6 Å². The van der Waals surface area contributed by atoms with Gasteiger partial charge in [0.15, 0.2) is 0 Å². The molecule has 1 aliphatic rings. The molecule has 1 aromatic heterocycles. The summed E-state index contributed by atoms with van der Waals surface area (Å²) in [7, 11) is 0. The maximum absolute atomic E-state index is 12.7. The molecule has 0 spiro atoms. The monoisotopic (exact) mass is 305 g/mol. The van der Waals surface area contributed by atoms with Crippen LogP contribution in [0.4, 0.5) is 4.79 Å². The molecule has 1 aliphatic heterocycles. The van der Waals surface area contributed by atoms with Crippen LogP contribution in [0.2, 0.25) is 0 Å². The standard InChI is InChI=1S/C16H23N3O3/c1-15(2,3)22-14(21)19-13(20)16(6-9-17-10-7-16)12-5-4-8-18-11-12/h4-5,8,11,17H,6-7,9-10H2,1-3H3,(H,19,20,21). The summed E-state index contributed by atoms with van der Waals surface area (Å²) in [6, 6.07) is 3.69. The number of rotatable bonds is 2. The molecule has 1 saturated heterocycles. The molecule has 2 N–H and O–H groups in total. The Morgan fingerprint density at radius 2 is 2.00 bits per heavy atom. The minimum Gasteiger partial charge on any atom is -0.444 e. The first-order chi connectivity index (χ1) is 10.3. The Balaban J connectivity index is 2.19. The number of nitrogens with one attached hydrogen (secondary N) is 2. The van der Waals surface area contributed by atoms with E-state index in [2.05, 4.69) is 15.6 Å². The third-order valence-electron chi connectivity index (χ3n) is 3.72. The number of hydrogen-bond acceptors (Lipinski definition) is 5. The second kappa shape index (κ2) is 6.44. The van der Waals surface area contributed by atoms with E-state index < -0.39 is 17.1 Å². The van der Waals surface area contributed by atoms with Gasteiger partial charge in [-0.2, -0.15) is 0 Å². The SMILES string of the molecule is CC(C)(C)OC(=O)NC(=O)C1(c2cccnc2)CCNCC1. The van der Waals surface area contributed by atoms with Crippen molar-refractivity contribution in [1.29, 1.82) is 0 Å². The third kappa shape index (κ3) is 3.82. The van der Waals surface area contributed by atoms with E-state index in [-0.39, 0.29) is 5.91 Å². The summed E-state index contributed by atoms with van der Waals surface area (Å²) in [5.41, 5.74) is -0.548. The zero-order chi connectivity index (χ0) is 16.2. The van der Waals surface area contributed by atoms with Crippen molar-refractivity contribution in [3.8, 4) is 0 Å². The van der Waals surface area contributed by atoms with Crippen LogP contribution in [0.3, 0.4) is 0 Å². The molecule has 1 fully saturated rings. The molecule has 1 aromatic rings. The Kier molecular flexibility index (Phi) is 4.81. The first-order valence-corrected chi connectivity index (χ1v) is 7.49. The van der Waals surface area contributed by atoms with Crippen LogP contribution in [0, 0.1) is 0 Å². The van der Waals surface area contributed by atoms with Crippen molar-refractivity contribution < 1.29 is 14.3 Å². The lowest BCUT2D eigenvalue weighted by molar-refractivity contribution is -0.127. The van der Waals surface area contributed by atoms with Crippen LogP contribution in [-0.2, 0) is 14.9 Å². The molecule has 0 aromatic carbocycles.